The number of nitriles is 4. The Labute approximate surface area is 217 Å². The van der Waals surface area contributed by atoms with E-state index in [1.54, 1.807) is 57.5 Å². The van der Waals surface area contributed by atoms with Crippen LogP contribution in [0, 0.1) is 45.3 Å². The summed E-state index contributed by atoms with van der Waals surface area (Å²) in [5.74, 6) is 0.935. The van der Waals surface area contributed by atoms with Gasteiger partial charge in [0.25, 0.3) is 0 Å². The van der Waals surface area contributed by atoms with Crippen LogP contribution in [0.15, 0.2) is 23.3 Å². The van der Waals surface area contributed by atoms with Crippen molar-refractivity contribution in [1.29, 1.82) is 21.0 Å². The first kappa shape index (κ1) is 22.1. The number of hydrogen-bond acceptors (Lipinski definition) is 9. The Hall–Kier alpha value is -3.44. The van der Waals surface area contributed by atoms with Gasteiger partial charge in [-0.25, -0.2) is 0 Å². The fraction of sp³-hybridized carbons (Fsp3) is 0.231. The van der Waals surface area contributed by atoms with Crippen molar-refractivity contribution in [1.82, 2.24) is 0 Å². The number of nitrogens with zero attached hydrogens (tertiary/aromatic N) is 4. The highest BCUT2D eigenvalue weighted by Gasteiger charge is 2.46. The van der Waals surface area contributed by atoms with E-state index < -0.39 is 0 Å². The van der Waals surface area contributed by atoms with Gasteiger partial charge in [0.15, 0.2) is 5.75 Å². The van der Waals surface area contributed by atoms with Crippen LogP contribution in [0.4, 0.5) is 0 Å². The van der Waals surface area contributed by atoms with Crippen LogP contribution in [-0.4, -0.2) is 0 Å². The van der Waals surface area contributed by atoms with Gasteiger partial charge in [-0.1, -0.05) is 6.42 Å². The van der Waals surface area contributed by atoms with Crippen LogP contribution in [0.3, 0.4) is 0 Å². The molecule has 1 saturated carbocycles. The molecule has 4 aromatic heterocycles. The smallest absolute Gasteiger partial charge is 0.157 e. The minimum Gasteiger partial charge on any atom is -0.479 e. The number of rotatable bonds is 2. The van der Waals surface area contributed by atoms with Gasteiger partial charge in [-0.3, -0.25) is 0 Å². The number of allylic oxidation sites excluding steroid dienone is 2. The van der Waals surface area contributed by atoms with Crippen molar-refractivity contribution in [3.05, 3.63) is 38.6 Å². The molecule has 2 aliphatic rings. The largest absolute Gasteiger partial charge is 0.479 e. The third kappa shape index (κ3) is 3.41. The summed E-state index contributed by atoms with van der Waals surface area (Å²) in [5, 5.41) is 36.6. The van der Waals surface area contributed by atoms with E-state index in [1.807, 2.05) is 30.3 Å². The van der Waals surface area contributed by atoms with Crippen LogP contribution < -0.4 is 4.74 Å². The highest BCUT2D eigenvalue weighted by atomic mass is 32.1. The lowest BCUT2D eigenvalue weighted by Gasteiger charge is -2.40. The minimum absolute atomic E-state index is 0.0963. The molecule has 0 N–H and O–H groups in total. The molecule has 6 rings (SSSR count). The predicted molar refractivity (Wildman–Crippen MR) is 142 cm³/mol. The Kier molecular flexibility index (Phi) is 5.26. The van der Waals surface area contributed by atoms with Gasteiger partial charge >= 0.3 is 0 Å². The molecule has 0 aromatic carbocycles. The first-order valence-electron chi connectivity index (χ1n) is 11.0. The van der Waals surface area contributed by atoms with E-state index in [9.17, 15) is 10.5 Å². The van der Waals surface area contributed by atoms with E-state index in [0.717, 1.165) is 60.2 Å². The molecule has 5 nitrogen and oxygen atoms in total. The van der Waals surface area contributed by atoms with Crippen molar-refractivity contribution < 1.29 is 4.74 Å². The average Bonchev–Trinajstić information content (AvgIpc) is 3.61. The molecule has 0 radical (unpaired) electrons. The maximum absolute atomic E-state index is 9.17. The van der Waals surface area contributed by atoms with Gasteiger partial charge in [0.1, 0.15) is 41.0 Å². The first-order chi connectivity index (χ1) is 17.1. The highest BCUT2D eigenvalue weighted by molar-refractivity contribution is 7.35. The van der Waals surface area contributed by atoms with Crippen molar-refractivity contribution in [2.24, 2.45) is 0 Å². The van der Waals surface area contributed by atoms with E-state index >= 15 is 0 Å². The second kappa shape index (κ2) is 8.35. The van der Waals surface area contributed by atoms with Crippen LogP contribution in [0.2, 0.25) is 0 Å². The number of hydrogen-bond donors (Lipinski definition) is 0. The number of ether oxygens (including phenoxy) is 1. The predicted octanol–water partition coefficient (Wildman–Crippen LogP) is 8.32. The van der Waals surface area contributed by atoms with Gasteiger partial charge in [-0.2, -0.15) is 21.0 Å². The topological polar surface area (TPSA) is 104 Å². The van der Waals surface area contributed by atoms with Gasteiger partial charge in [-0.05, 0) is 50.0 Å². The number of fused-ring (bicyclic) bond motifs is 8. The van der Waals surface area contributed by atoms with E-state index in [4.69, 9.17) is 15.3 Å². The zero-order valence-electron chi connectivity index (χ0n) is 18.2. The summed E-state index contributed by atoms with van der Waals surface area (Å²) in [4.78, 5) is 4.21. The van der Waals surface area contributed by atoms with Gasteiger partial charge < -0.3 is 4.74 Å². The molecule has 1 spiro atoms. The molecule has 0 amide bonds. The molecule has 0 saturated heterocycles. The molecule has 1 fully saturated rings. The maximum atomic E-state index is 9.17. The second-order valence-corrected chi connectivity index (χ2v) is 12.7. The van der Waals surface area contributed by atoms with Crippen LogP contribution in [0.25, 0.3) is 40.7 Å². The quantitative estimate of drug-likeness (QED) is 0.244. The van der Waals surface area contributed by atoms with Gasteiger partial charge in [0.05, 0.1) is 23.9 Å². The summed E-state index contributed by atoms with van der Waals surface area (Å²) in [6.07, 6.45) is 8.63. The third-order valence-electron chi connectivity index (χ3n) is 6.40. The van der Waals surface area contributed by atoms with E-state index in [1.165, 1.54) is 21.6 Å². The third-order valence-corrected chi connectivity index (χ3v) is 11.3. The highest BCUT2D eigenvalue weighted by Crippen LogP contribution is 2.62. The summed E-state index contributed by atoms with van der Waals surface area (Å²) in [6, 6.07) is 11.9. The van der Waals surface area contributed by atoms with E-state index in [-0.39, 0.29) is 16.7 Å². The molecule has 1 aliphatic heterocycles. The Balaban J connectivity index is 1.55. The first-order valence-corrected chi connectivity index (χ1v) is 14.2. The van der Waals surface area contributed by atoms with Gasteiger partial charge in [0, 0.05) is 20.0 Å². The molecule has 0 bridgehead atoms. The van der Waals surface area contributed by atoms with Crippen LogP contribution >= 0.6 is 45.3 Å². The summed E-state index contributed by atoms with van der Waals surface area (Å²) >= 11 is 6.67. The normalized spacial score (nSPS) is 15.2. The molecule has 0 atom stereocenters. The SMILES string of the molecule is N#CC(C#N)=Cc1cc2sc3c(c2s1)OC1(CCCCC1)c1c-3sc2cc(C=C(C#N)C#N)sc12. The average molecular weight is 527 g/mol. The lowest BCUT2D eigenvalue weighted by molar-refractivity contribution is 0.0282. The second-order valence-electron chi connectivity index (χ2n) is 8.47. The zero-order chi connectivity index (χ0) is 24.2. The Morgan fingerprint density at radius 3 is 1.89 bits per heavy atom. The maximum Gasteiger partial charge on any atom is 0.157 e. The summed E-state index contributed by atoms with van der Waals surface area (Å²) < 4.78 is 11.5. The fourth-order valence-electron chi connectivity index (χ4n) is 4.94. The Bertz CT molecular complexity index is 1730. The minimum atomic E-state index is -0.379. The molecule has 1 aliphatic carbocycles. The lowest BCUT2D eigenvalue weighted by Crippen LogP contribution is -2.37. The molecular formula is C26H14N4OS4. The summed E-state index contributed by atoms with van der Waals surface area (Å²) in [5.41, 5.74) is 1.10. The van der Waals surface area contributed by atoms with Crippen molar-refractivity contribution in [2.75, 3.05) is 0 Å². The summed E-state index contributed by atoms with van der Waals surface area (Å²) in [7, 11) is 0. The molecule has 4 aromatic rings. The molecule has 0 unspecified atom stereocenters. The van der Waals surface area contributed by atoms with Crippen LogP contribution in [0.5, 0.6) is 5.75 Å². The number of thiophene rings is 4. The molecule has 9 heteroatoms. The molecule has 5 heterocycles. The van der Waals surface area contributed by atoms with Gasteiger partial charge in [-0.15, -0.1) is 45.3 Å². The fourth-order valence-corrected chi connectivity index (χ4v) is 10.3. The Morgan fingerprint density at radius 2 is 1.29 bits per heavy atom. The monoisotopic (exact) mass is 526 g/mol. The zero-order valence-corrected chi connectivity index (χ0v) is 21.4. The molecular weight excluding hydrogens is 513 g/mol. The van der Waals surface area contributed by atoms with E-state index in [2.05, 4.69) is 6.07 Å². The van der Waals surface area contributed by atoms with E-state index in [0.29, 0.717) is 0 Å². The molecule has 168 valence electrons. The van der Waals surface area contributed by atoms with Gasteiger partial charge in [0.2, 0.25) is 0 Å². The lowest BCUT2D eigenvalue weighted by atomic mass is 9.78. The standard InChI is InChI=1S/C26H14N4OS4/c27-10-14(11-28)6-16-8-18-22(32-16)20-24(34-18)25-21(31-26(20)4-2-1-3-5-26)23-19(35-25)9-17(33-23)7-15(12-29)13-30/h6-9H,1-5H2. The van der Waals surface area contributed by atoms with Crippen molar-refractivity contribution in [3.8, 4) is 39.8 Å². The molecule has 35 heavy (non-hydrogen) atoms. The van der Waals surface area contributed by atoms with Crippen LogP contribution in [-0.2, 0) is 5.60 Å². The van der Waals surface area contributed by atoms with Crippen molar-refractivity contribution in [2.45, 2.75) is 37.7 Å². The van der Waals surface area contributed by atoms with Crippen molar-refractivity contribution >= 4 is 76.3 Å². The van der Waals surface area contributed by atoms with Crippen LogP contribution in [0.1, 0.15) is 47.4 Å². The summed E-state index contributed by atoms with van der Waals surface area (Å²) in [6.45, 7) is 0. The Morgan fingerprint density at radius 1 is 0.743 bits per heavy atom. The van der Waals surface area contributed by atoms with Crippen molar-refractivity contribution in [3.63, 3.8) is 0 Å².